The molecule has 2 saturated heterocycles. The van der Waals surface area contributed by atoms with E-state index in [0.717, 1.165) is 50.9 Å². The maximum absolute atomic E-state index is 12.1. The Morgan fingerprint density at radius 1 is 1.25 bits per heavy atom. The number of nitrogens with one attached hydrogen (secondary N) is 2. The van der Waals surface area contributed by atoms with Crippen LogP contribution in [-0.2, 0) is 4.79 Å². The molecule has 2 N–H and O–H groups in total. The van der Waals surface area contributed by atoms with Crippen molar-refractivity contribution in [1.29, 1.82) is 0 Å². The van der Waals surface area contributed by atoms with Crippen LogP contribution in [0.1, 0.15) is 51.9 Å². The molecule has 2 atom stereocenters. The molecular formula is C16H29N3O. The highest BCUT2D eigenvalue weighted by molar-refractivity contribution is 5.76. The summed E-state index contributed by atoms with van der Waals surface area (Å²) in [4.78, 5) is 14.7. The second kappa shape index (κ2) is 6.44. The van der Waals surface area contributed by atoms with Gasteiger partial charge in [-0.25, -0.2) is 0 Å². The molecule has 3 fully saturated rings. The molecule has 1 aliphatic carbocycles. The zero-order valence-corrected chi connectivity index (χ0v) is 12.7. The Balaban J connectivity index is 1.36. The fraction of sp³-hybridized carbons (Fsp3) is 0.938. The Morgan fingerprint density at radius 2 is 2.00 bits per heavy atom. The molecule has 1 amide bonds. The van der Waals surface area contributed by atoms with Crippen LogP contribution in [-0.4, -0.2) is 48.6 Å². The Labute approximate surface area is 122 Å². The molecule has 0 bridgehead atoms. The third kappa shape index (κ3) is 3.73. The second-order valence-electron chi connectivity index (χ2n) is 7.01. The van der Waals surface area contributed by atoms with E-state index < -0.39 is 0 Å². The van der Waals surface area contributed by atoms with Gasteiger partial charge in [-0.15, -0.1) is 0 Å². The Kier molecular flexibility index (Phi) is 4.61. The van der Waals surface area contributed by atoms with Gasteiger partial charge in [-0.1, -0.05) is 0 Å². The van der Waals surface area contributed by atoms with Gasteiger partial charge >= 0.3 is 0 Å². The summed E-state index contributed by atoms with van der Waals surface area (Å²) < 4.78 is 0. The zero-order valence-electron chi connectivity index (χ0n) is 12.7. The smallest absolute Gasteiger partial charge is 0.220 e. The second-order valence-corrected chi connectivity index (χ2v) is 7.01. The van der Waals surface area contributed by atoms with Crippen molar-refractivity contribution in [2.75, 3.05) is 19.6 Å². The third-order valence-corrected chi connectivity index (χ3v) is 5.24. The van der Waals surface area contributed by atoms with E-state index in [-0.39, 0.29) is 5.91 Å². The van der Waals surface area contributed by atoms with Gasteiger partial charge in [0.15, 0.2) is 0 Å². The summed E-state index contributed by atoms with van der Waals surface area (Å²) >= 11 is 0. The van der Waals surface area contributed by atoms with Gasteiger partial charge in [0.2, 0.25) is 5.91 Å². The summed E-state index contributed by atoms with van der Waals surface area (Å²) in [7, 11) is 0. The number of carbonyl (C=O) groups excluding carboxylic acids is 1. The molecule has 0 aromatic rings. The van der Waals surface area contributed by atoms with Crippen molar-refractivity contribution < 1.29 is 4.79 Å². The van der Waals surface area contributed by atoms with E-state index in [1.165, 1.54) is 25.7 Å². The van der Waals surface area contributed by atoms with Crippen molar-refractivity contribution in [2.45, 2.75) is 70.0 Å². The molecule has 0 aromatic heterocycles. The number of amides is 1. The predicted octanol–water partition coefficient (Wildman–Crippen LogP) is 1.51. The minimum Gasteiger partial charge on any atom is -0.352 e. The highest BCUT2D eigenvalue weighted by atomic mass is 16.1. The molecule has 0 spiro atoms. The van der Waals surface area contributed by atoms with Crippen LogP contribution in [0.25, 0.3) is 0 Å². The minimum absolute atomic E-state index is 0.276. The van der Waals surface area contributed by atoms with E-state index >= 15 is 0 Å². The van der Waals surface area contributed by atoms with Gasteiger partial charge < -0.3 is 10.6 Å². The van der Waals surface area contributed by atoms with Crippen LogP contribution < -0.4 is 10.6 Å². The van der Waals surface area contributed by atoms with Gasteiger partial charge in [-0.05, 0) is 64.5 Å². The number of nitrogens with zero attached hydrogens (tertiary/aromatic N) is 1. The number of carbonyl (C=O) groups is 1. The summed E-state index contributed by atoms with van der Waals surface area (Å²) in [6.07, 6.45) is 8.13. The van der Waals surface area contributed by atoms with Crippen LogP contribution in [0.3, 0.4) is 0 Å². The Morgan fingerprint density at radius 3 is 2.70 bits per heavy atom. The normalized spacial score (nSPS) is 32.5. The summed E-state index contributed by atoms with van der Waals surface area (Å²) in [5, 5.41) is 6.65. The van der Waals surface area contributed by atoms with Gasteiger partial charge in [-0.2, -0.15) is 0 Å². The lowest BCUT2D eigenvalue weighted by molar-refractivity contribution is -0.122. The van der Waals surface area contributed by atoms with E-state index in [9.17, 15) is 4.79 Å². The summed E-state index contributed by atoms with van der Waals surface area (Å²) in [5.41, 5.74) is 0. The molecule has 4 heteroatoms. The van der Waals surface area contributed by atoms with Crippen LogP contribution in [0.2, 0.25) is 0 Å². The molecule has 3 aliphatic rings. The van der Waals surface area contributed by atoms with Crippen molar-refractivity contribution in [3.63, 3.8) is 0 Å². The van der Waals surface area contributed by atoms with Gasteiger partial charge in [-0.3, -0.25) is 9.69 Å². The van der Waals surface area contributed by atoms with Crippen molar-refractivity contribution in [3.05, 3.63) is 0 Å². The fourth-order valence-electron chi connectivity index (χ4n) is 3.88. The molecule has 2 aliphatic heterocycles. The largest absolute Gasteiger partial charge is 0.352 e. The molecule has 4 nitrogen and oxygen atoms in total. The first kappa shape index (κ1) is 14.3. The number of piperidine rings is 1. The van der Waals surface area contributed by atoms with Gasteiger partial charge in [0.05, 0.1) is 0 Å². The van der Waals surface area contributed by atoms with Crippen LogP contribution >= 0.6 is 0 Å². The lowest BCUT2D eigenvalue weighted by Crippen LogP contribution is -2.38. The monoisotopic (exact) mass is 279 g/mol. The number of hydrogen-bond acceptors (Lipinski definition) is 3. The molecule has 114 valence electrons. The minimum atomic E-state index is 0.276. The lowest BCUT2D eigenvalue weighted by atomic mass is 9.93. The quantitative estimate of drug-likeness (QED) is 0.802. The molecule has 20 heavy (non-hydrogen) atoms. The highest BCUT2D eigenvalue weighted by Crippen LogP contribution is 2.33. The molecule has 1 saturated carbocycles. The molecular weight excluding hydrogens is 250 g/mol. The molecule has 2 heterocycles. The summed E-state index contributed by atoms with van der Waals surface area (Å²) in [5.74, 6) is 1.03. The fourth-order valence-corrected chi connectivity index (χ4v) is 3.88. The average molecular weight is 279 g/mol. The summed E-state index contributed by atoms with van der Waals surface area (Å²) in [6.45, 7) is 5.63. The van der Waals surface area contributed by atoms with Gasteiger partial charge in [0.25, 0.3) is 0 Å². The Hall–Kier alpha value is -0.610. The van der Waals surface area contributed by atoms with E-state index in [4.69, 9.17) is 0 Å². The van der Waals surface area contributed by atoms with Crippen molar-refractivity contribution in [2.24, 2.45) is 5.92 Å². The van der Waals surface area contributed by atoms with E-state index in [2.05, 4.69) is 22.5 Å². The maximum Gasteiger partial charge on any atom is 0.220 e. The van der Waals surface area contributed by atoms with Gasteiger partial charge in [0, 0.05) is 31.1 Å². The highest BCUT2D eigenvalue weighted by Gasteiger charge is 2.39. The lowest BCUT2D eigenvalue weighted by Gasteiger charge is -2.22. The standard InChI is InChI=1S/C16H29N3O/c1-12-10-14(11-19(12)15-3-4-15)18-16(20)5-2-13-6-8-17-9-7-13/h12-15,17H,2-11H2,1H3,(H,18,20). The van der Waals surface area contributed by atoms with Gasteiger partial charge in [0.1, 0.15) is 0 Å². The topological polar surface area (TPSA) is 44.4 Å². The molecule has 2 unspecified atom stereocenters. The van der Waals surface area contributed by atoms with Crippen LogP contribution in [0.15, 0.2) is 0 Å². The van der Waals surface area contributed by atoms with Crippen LogP contribution in [0, 0.1) is 5.92 Å². The van der Waals surface area contributed by atoms with E-state index in [0.29, 0.717) is 12.1 Å². The van der Waals surface area contributed by atoms with Crippen molar-refractivity contribution >= 4 is 5.91 Å². The molecule has 0 aromatic carbocycles. The van der Waals surface area contributed by atoms with E-state index in [1.807, 2.05) is 0 Å². The van der Waals surface area contributed by atoms with E-state index in [1.54, 1.807) is 0 Å². The number of likely N-dealkylation sites (tertiary alicyclic amines) is 1. The first-order valence-corrected chi connectivity index (χ1v) is 8.48. The predicted molar refractivity (Wildman–Crippen MR) is 80.6 cm³/mol. The number of hydrogen-bond donors (Lipinski definition) is 2. The average Bonchev–Trinajstić information content (AvgIpc) is 3.22. The maximum atomic E-state index is 12.1. The van der Waals surface area contributed by atoms with Crippen LogP contribution in [0.4, 0.5) is 0 Å². The number of rotatable bonds is 5. The van der Waals surface area contributed by atoms with Crippen LogP contribution in [0.5, 0.6) is 0 Å². The third-order valence-electron chi connectivity index (χ3n) is 5.24. The molecule has 3 rings (SSSR count). The first-order valence-electron chi connectivity index (χ1n) is 8.48. The van der Waals surface area contributed by atoms with Crippen molar-refractivity contribution in [3.8, 4) is 0 Å². The Bertz CT molecular complexity index is 337. The molecule has 0 radical (unpaired) electrons. The summed E-state index contributed by atoms with van der Waals surface area (Å²) in [6, 6.07) is 1.87. The SMILES string of the molecule is CC1CC(NC(=O)CCC2CCNCC2)CN1C1CC1. The van der Waals surface area contributed by atoms with Crippen molar-refractivity contribution in [1.82, 2.24) is 15.5 Å². The first-order chi connectivity index (χ1) is 9.72. The zero-order chi connectivity index (χ0) is 13.9.